The fourth-order valence-corrected chi connectivity index (χ4v) is 4.31. The molecule has 2 rings (SSSR count). The summed E-state index contributed by atoms with van der Waals surface area (Å²) in [6, 6.07) is 10.2. The van der Waals surface area contributed by atoms with E-state index in [-0.39, 0.29) is 6.04 Å². The molecule has 2 unspecified atom stereocenters. The number of rotatable bonds is 7. The second-order valence-electron chi connectivity index (χ2n) is 4.77. The Kier molecular flexibility index (Phi) is 5.96. The second-order valence-corrected chi connectivity index (χ2v) is 7.40. The van der Waals surface area contributed by atoms with E-state index < -0.39 is 10.8 Å². The van der Waals surface area contributed by atoms with Gasteiger partial charge >= 0.3 is 0 Å². The fraction of sp³-hybridized carbons (Fsp3) is 0.375. The highest BCUT2D eigenvalue weighted by Gasteiger charge is 2.13. The minimum absolute atomic E-state index is 0.273. The Bertz CT molecular complexity index is 596. The lowest BCUT2D eigenvalue weighted by Gasteiger charge is -2.16. The zero-order valence-corrected chi connectivity index (χ0v) is 14.2. The van der Waals surface area contributed by atoms with Crippen LogP contribution in [0.2, 0.25) is 0 Å². The Balaban J connectivity index is 2.23. The number of thiophene rings is 1. The molecular weight excluding hydrogens is 302 g/mol. The van der Waals surface area contributed by atoms with Crippen molar-refractivity contribution in [2.24, 2.45) is 0 Å². The van der Waals surface area contributed by atoms with Crippen molar-refractivity contribution in [1.82, 2.24) is 5.32 Å². The Morgan fingerprint density at radius 2 is 2.19 bits per heavy atom. The van der Waals surface area contributed by atoms with Crippen LogP contribution in [0.25, 0.3) is 0 Å². The van der Waals surface area contributed by atoms with Crippen LogP contribution in [0.4, 0.5) is 0 Å². The maximum absolute atomic E-state index is 12.4. The summed E-state index contributed by atoms with van der Waals surface area (Å²) in [6.45, 7) is 5.14. The SMILES string of the molecule is CCNC(C)c1ccc(OC)c(CS(=O)c2cccs2)c1. The number of hydrogen-bond acceptors (Lipinski definition) is 4. The molecule has 0 aliphatic carbocycles. The third-order valence-electron chi connectivity index (χ3n) is 3.32. The van der Waals surface area contributed by atoms with E-state index >= 15 is 0 Å². The van der Waals surface area contributed by atoms with E-state index in [9.17, 15) is 4.21 Å². The van der Waals surface area contributed by atoms with Crippen LogP contribution in [-0.4, -0.2) is 17.9 Å². The van der Waals surface area contributed by atoms with Crippen LogP contribution in [0.15, 0.2) is 39.9 Å². The van der Waals surface area contributed by atoms with E-state index in [4.69, 9.17) is 4.74 Å². The Hall–Kier alpha value is -1.17. The molecule has 0 aliphatic heterocycles. The van der Waals surface area contributed by atoms with Crippen molar-refractivity contribution in [1.29, 1.82) is 0 Å². The highest BCUT2D eigenvalue weighted by atomic mass is 32.2. The van der Waals surface area contributed by atoms with Crippen LogP contribution in [0.1, 0.15) is 31.0 Å². The fourth-order valence-electron chi connectivity index (χ4n) is 2.21. The number of benzene rings is 1. The van der Waals surface area contributed by atoms with Crippen LogP contribution in [-0.2, 0) is 16.6 Å². The lowest BCUT2D eigenvalue weighted by molar-refractivity contribution is 0.410. The molecule has 5 heteroatoms. The summed E-state index contributed by atoms with van der Waals surface area (Å²) in [6.07, 6.45) is 0. The molecule has 2 aromatic rings. The van der Waals surface area contributed by atoms with Gasteiger partial charge < -0.3 is 10.1 Å². The van der Waals surface area contributed by atoms with E-state index in [0.29, 0.717) is 5.75 Å². The van der Waals surface area contributed by atoms with Gasteiger partial charge in [-0.1, -0.05) is 19.1 Å². The average Bonchev–Trinajstić information content (AvgIpc) is 3.01. The molecule has 1 N–H and O–H groups in total. The summed E-state index contributed by atoms with van der Waals surface area (Å²) < 4.78 is 18.7. The molecule has 1 aromatic heterocycles. The summed E-state index contributed by atoms with van der Waals surface area (Å²) in [5.74, 6) is 1.28. The van der Waals surface area contributed by atoms with Gasteiger partial charge in [0.2, 0.25) is 0 Å². The quantitative estimate of drug-likeness (QED) is 0.843. The lowest BCUT2D eigenvalue weighted by atomic mass is 10.0. The monoisotopic (exact) mass is 323 g/mol. The van der Waals surface area contributed by atoms with E-state index in [1.807, 2.05) is 23.6 Å². The molecule has 2 atom stereocenters. The van der Waals surface area contributed by atoms with Gasteiger partial charge in [0.05, 0.1) is 27.9 Å². The Morgan fingerprint density at radius 1 is 1.38 bits per heavy atom. The van der Waals surface area contributed by atoms with Crippen molar-refractivity contribution in [2.75, 3.05) is 13.7 Å². The smallest absolute Gasteiger partial charge is 0.123 e. The Labute approximate surface area is 132 Å². The first-order valence-corrected chi connectivity index (χ1v) is 9.17. The zero-order valence-electron chi connectivity index (χ0n) is 12.6. The standard InChI is InChI=1S/C16H21NO2S2/c1-4-17-12(2)13-7-8-15(19-3)14(10-13)11-21(18)16-6-5-9-20-16/h5-10,12,17H,4,11H2,1-3H3. The van der Waals surface area contributed by atoms with Crippen LogP contribution < -0.4 is 10.1 Å². The van der Waals surface area contributed by atoms with Gasteiger partial charge in [0.1, 0.15) is 5.75 Å². The average molecular weight is 323 g/mol. The molecular formula is C16H21NO2S2. The van der Waals surface area contributed by atoms with E-state index in [1.54, 1.807) is 7.11 Å². The molecule has 114 valence electrons. The van der Waals surface area contributed by atoms with Crippen molar-refractivity contribution in [3.8, 4) is 5.75 Å². The molecule has 0 fully saturated rings. The van der Waals surface area contributed by atoms with E-state index in [1.165, 1.54) is 16.9 Å². The second kappa shape index (κ2) is 7.73. The summed E-state index contributed by atoms with van der Waals surface area (Å²) in [4.78, 5) is 0. The van der Waals surface area contributed by atoms with Crippen molar-refractivity contribution < 1.29 is 8.95 Å². The topological polar surface area (TPSA) is 38.3 Å². The predicted octanol–water partition coefficient (Wildman–Crippen LogP) is 3.74. The van der Waals surface area contributed by atoms with E-state index in [2.05, 4.69) is 31.3 Å². The van der Waals surface area contributed by atoms with Gasteiger partial charge in [-0.05, 0) is 42.6 Å². The summed E-state index contributed by atoms with van der Waals surface area (Å²) >= 11 is 1.53. The van der Waals surface area contributed by atoms with Crippen LogP contribution in [0.5, 0.6) is 5.75 Å². The maximum Gasteiger partial charge on any atom is 0.123 e. The summed E-state index contributed by atoms with van der Waals surface area (Å²) in [5, 5.41) is 5.35. The number of methoxy groups -OCH3 is 1. The van der Waals surface area contributed by atoms with Crippen LogP contribution in [0.3, 0.4) is 0 Å². The number of ether oxygens (including phenoxy) is 1. The zero-order chi connectivity index (χ0) is 15.2. The molecule has 1 aromatic carbocycles. The van der Waals surface area contributed by atoms with Gasteiger partial charge in [0, 0.05) is 11.6 Å². The van der Waals surface area contributed by atoms with Crippen molar-refractivity contribution in [2.45, 2.75) is 29.9 Å². The molecule has 0 saturated heterocycles. The van der Waals surface area contributed by atoms with Gasteiger partial charge in [-0.3, -0.25) is 4.21 Å². The molecule has 3 nitrogen and oxygen atoms in total. The van der Waals surface area contributed by atoms with Crippen molar-refractivity contribution >= 4 is 22.1 Å². The molecule has 0 aliphatic rings. The molecule has 1 heterocycles. The van der Waals surface area contributed by atoms with Gasteiger partial charge in [-0.25, -0.2) is 0 Å². The first kappa shape index (κ1) is 16.2. The molecule has 0 radical (unpaired) electrons. The van der Waals surface area contributed by atoms with Crippen LogP contribution >= 0.6 is 11.3 Å². The summed E-state index contributed by atoms with van der Waals surface area (Å²) in [5.41, 5.74) is 2.18. The molecule has 0 bridgehead atoms. The largest absolute Gasteiger partial charge is 0.496 e. The van der Waals surface area contributed by atoms with Crippen LogP contribution in [0, 0.1) is 0 Å². The molecule has 0 amide bonds. The maximum atomic E-state index is 12.4. The highest BCUT2D eigenvalue weighted by Crippen LogP contribution is 2.27. The highest BCUT2D eigenvalue weighted by molar-refractivity contribution is 7.86. The van der Waals surface area contributed by atoms with Gasteiger partial charge in [0.15, 0.2) is 0 Å². The third kappa shape index (κ3) is 4.15. The van der Waals surface area contributed by atoms with Gasteiger partial charge in [-0.15, -0.1) is 11.3 Å². The Morgan fingerprint density at radius 3 is 2.81 bits per heavy atom. The molecule has 21 heavy (non-hydrogen) atoms. The predicted molar refractivity (Wildman–Crippen MR) is 89.5 cm³/mol. The molecule has 0 saturated carbocycles. The van der Waals surface area contributed by atoms with Gasteiger partial charge in [-0.2, -0.15) is 0 Å². The number of nitrogens with one attached hydrogen (secondary N) is 1. The molecule has 0 spiro atoms. The first-order valence-electron chi connectivity index (χ1n) is 6.97. The normalized spacial score (nSPS) is 13.9. The van der Waals surface area contributed by atoms with E-state index in [0.717, 1.165) is 22.1 Å². The lowest BCUT2D eigenvalue weighted by Crippen LogP contribution is -2.17. The first-order chi connectivity index (χ1) is 10.2. The van der Waals surface area contributed by atoms with Gasteiger partial charge in [0.25, 0.3) is 0 Å². The minimum atomic E-state index is -1.02. The summed E-state index contributed by atoms with van der Waals surface area (Å²) in [7, 11) is 0.631. The third-order valence-corrected chi connectivity index (χ3v) is 5.99. The minimum Gasteiger partial charge on any atom is -0.496 e. The number of hydrogen-bond donors (Lipinski definition) is 1. The van der Waals surface area contributed by atoms with Crippen molar-refractivity contribution in [3.05, 3.63) is 46.8 Å². The van der Waals surface area contributed by atoms with Crippen molar-refractivity contribution in [3.63, 3.8) is 0 Å².